The van der Waals surface area contributed by atoms with E-state index in [1.165, 1.54) is 6.39 Å². The van der Waals surface area contributed by atoms with E-state index in [1.807, 2.05) is 42.2 Å². The maximum absolute atomic E-state index is 12.8. The summed E-state index contributed by atoms with van der Waals surface area (Å²) < 4.78 is 11.2. The summed E-state index contributed by atoms with van der Waals surface area (Å²) in [6.45, 7) is 3.93. The molecular formula is C19H24N4O3. The summed E-state index contributed by atoms with van der Waals surface area (Å²) in [5, 5.41) is 0. The Kier molecular flexibility index (Phi) is 4.90. The molecule has 0 aliphatic carbocycles. The number of hydrogen-bond acceptors (Lipinski definition) is 6. The van der Waals surface area contributed by atoms with Gasteiger partial charge in [0.1, 0.15) is 18.1 Å². The minimum atomic E-state index is -0.0383. The minimum Gasteiger partial charge on any atom is -0.492 e. The van der Waals surface area contributed by atoms with Gasteiger partial charge in [0.2, 0.25) is 0 Å². The van der Waals surface area contributed by atoms with Gasteiger partial charge in [-0.2, -0.15) is 0 Å². The predicted octanol–water partition coefficient (Wildman–Crippen LogP) is 1.62. The molecule has 3 unspecified atom stereocenters. The Labute approximate surface area is 152 Å². The molecule has 2 N–H and O–H groups in total. The fraction of sp³-hybridized carbons (Fsp3) is 0.474. The van der Waals surface area contributed by atoms with E-state index in [0.29, 0.717) is 43.0 Å². The zero-order chi connectivity index (χ0) is 17.9. The van der Waals surface area contributed by atoms with Gasteiger partial charge in [0.25, 0.3) is 5.91 Å². The van der Waals surface area contributed by atoms with Gasteiger partial charge < -0.3 is 14.1 Å². The molecule has 1 aromatic heterocycles. The van der Waals surface area contributed by atoms with E-state index in [9.17, 15) is 4.79 Å². The minimum absolute atomic E-state index is 0.0383. The number of carbonyl (C=O) groups excluding carboxylic acids is 1. The number of piperidine rings is 1. The van der Waals surface area contributed by atoms with Crippen molar-refractivity contribution < 1.29 is 13.9 Å². The number of hydrazine groups is 1. The summed E-state index contributed by atoms with van der Waals surface area (Å²) in [5.74, 6) is 1.78. The van der Waals surface area contributed by atoms with E-state index in [-0.39, 0.29) is 11.9 Å². The smallest absolute Gasteiger partial charge is 0.276 e. The third kappa shape index (κ3) is 3.32. The van der Waals surface area contributed by atoms with Crippen molar-refractivity contribution in [3.8, 4) is 5.75 Å². The molecule has 2 saturated heterocycles. The molecule has 0 spiro atoms. The highest BCUT2D eigenvalue weighted by Crippen LogP contribution is 2.26. The van der Waals surface area contributed by atoms with Crippen molar-refractivity contribution in [3.05, 3.63) is 48.2 Å². The number of aromatic nitrogens is 1. The average molecular weight is 356 g/mol. The number of ether oxygens (including phenoxy) is 1. The highest BCUT2D eigenvalue weighted by molar-refractivity contribution is 5.93. The van der Waals surface area contributed by atoms with Crippen LogP contribution in [0.15, 0.2) is 41.1 Å². The molecule has 7 nitrogen and oxygen atoms in total. The third-order valence-corrected chi connectivity index (χ3v) is 5.25. The SMILES string of the molecule is CCc1ocnc1C(=O)N1CCC2NNC(COc3ccccc3)C2C1. The number of fused-ring (bicyclic) bond motifs is 1. The Hall–Kier alpha value is -2.38. The topological polar surface area (TPSA) is 79.6 Å². The van der Waals surface area contributed by atoms with E-state index >= 15 is 0 Å². The Bertz CT molecular complexity index is 748. The van der Waals surface area contributed by atoms with Crippen molar-refractivity contribution in [2.45, 2.75) is 31.8 Å². The molecule has 138 valence electrons. The number of amides is 1. The van der Waals surface area contributed by atoms with Crippen LogP contribution in [0.5, 0.6) is 5.75 Å². The summed E-state index contributed by atoms with van der Waals surface area (Å²) in [4.78, 5) is 18.9. The first-order valence-corrected chi connectivity index (χ1v) is 9.16. The van der Waals surface area contributed by atoms with Crippen molar-refractivity contribution in [1.29, 1.82) is 0 Å². The largest absolute Gasteiger partial charge is 0.492 e. The van der Waals surface area contributed by atoms with Crippen LogP contribution in [0.1, 0.15) is 29.6 Å². The monoisotopic (exact) mass is 356 g/mol. The molecular weight excluding hydrogens is 332 g/mol. The van der Waals surface area contributed by atoms with Crippen molar-refractivity contribution in [3.63, 3.8) is 0 Å². The predicted molar refractivity (Wildman–Crippen MR) is 95.7 cm³/mol. The van der Waals surface area contributed by atoms with Gasteiger partial charge in [-0.25, -0.2) is 4.98 Å². The van der Waals surface area contributed by atoms with Crippen molar-refractivity contribution in [1.82, 2.24) is 20.7 Å². The first-order chi connectivity index (χ1) is 12.8. The molecule has 1 amide bonds. The van der Waals surface area contributed by atoms with Crippen LogP contribution in [0.3, 0.4) is 0 Å². The second-order valence-electron chi connectivity index (χ2n) is 6.81. The lowest BCUT2D eigenvalue weighted by atomic mass is 9.88. The fourth-order valence-electron chi connectivity index (χ4n) is 3.79. The number of rotatable bonds is 5. The van der Waals surface area contributed by atoms with Crippen molar-refractivity contribution in [2.75, 3.05) is 19.7 Å². The lowest BCUT2D eigenvalue weighted by Gasteiger charge is -2.35. The van der Waals surface area contributed by atoms with E-state index in [1.54, 1.807) is 0 Å². The first kappa shape index (κ1) is 17.1. The lowest BCUT2D eigenvalue weighted by Crippen LogP contribution is -2.49. The summed E-state index contributed by atoms with van der Waals surface area (Å²) in [5.41, 5.74) is 7.14. The second-order valence-corrected chi connectivity index (χ2v) is 6.81. The molecule has 3 atom stereocenters. The van der Waals surface area contributed by atoms with Crippen LogP contribution in [-0.2, 0) is 6.42 Å². The number of oxazole rings is 1. The van der Waals surface area contributed by atoms with Crippen molar-refractivity contribution in [2.24, 2.45) is 5.92 Å². The number of carbonyl (C=O) groups is 1. The molecule has 0 saturated carbocycles. The Morgan fingerprint density at radius 3 is 3.00 bits per heavy atom. The van der Waals surface area contributed by atoms with Crippen LogP contribution in [0, 0.1) is 5.92 Å². The zero-order valence-electron chi connectivity index (χ0n) is 14.9. The van der Waals surface area contributed by atoms with Crippen LogP contribution in [-0.4, -0.2) is 47.6 Å². The van der Waals surface area contributed by atoms with Crippen LogP contribution >= 0.6 is 0 Å². The third-order valence-electron chi connectivity index (χ3n) is 5.25. The number of aryl methyl sites for hydroxylation is 1. The number of hydrogen-bond donors (Lipinski definition) is 2. The molecule has 2 aliphatic heterocycles. The summed E-state index contributed by atoms with van der Waals surface area (Å²) in [6, 6.07) is 10.3. The fourth-order valence-corrected chi connectivity index (χ4v) is 3.79. The molecule has 1 aromatic carbocycles. The molecule has 2 fully saturated rings. The van der Waals surface area contributed by atoms with Gasteiger partial charge in [0, 0.05) is 31.5 Å². The van der Waals surface area contributed by atoms with Crippen molar-refractivity contribution >= 4 is 5.91 Å². The molecule has 0 bridgehead atoms. The number of likely N-dealkylation sites (tertiary alicyclic amines) is 1. The van der Waals surface area contributed by atoms with Gasteiger partial charge in [0.05, 0.1) is 6.04 Å². The molecule has 26 heavy (non-hydrogen) atoms. The van der Waals surface area contributed by atoms with Gasteiger partial charge >= 0.3 is 0 Å². The van der Waals surface area contributed by atoms with Gasteiger partial charge in [-0.1, -0.05) is 25.1 Å². The van der Waals surface area contributed by atoms with Crippen LogP contribution < -0.4 is 15.6 Å². The highest BCUT2D eigenvalue weighted by atomic mass is 16.5. The van der Waals surface area contributed by atoms with Gasteiger partial charge in [-0.05, 0) is 18.6 Å². The summed E-state index contributed by atoms with van der Waals surface area (Å²) in [6.07, 6.45) is 2.93. The number of nitrogens with zero attached hydrogens (tertiary/aromatic N) is 2. The first-order valence-electron chi connectivity index (χ1n) is 9.16. The number of para-hydroxylation sites is 1. The normalized spacial score (nSPS) is 25.1. The Morgan fingerprint density at radius 2 is 2.19 bits per heavy atom. The summed E-state index contributed by atoms with van der Waals surface area (Å²) in [7, 11) is 0. The standard InChI is InChI=1S/C19H24N4O3/c1-2-17-18(20-12-26-17)19(24)23-9-8-15-14(10-23)16(22-21-15)11-25-13-6-4-3-5-7-13/h3-7,12,14-16,21-22H,2,8-11H2,1H3. The maximum Gasteiger partial charge on any atom is 0.276 e. The van der Waals surface area contributed by atoms with E-state index < -0.39 is 0 Å². The average Bonchev–Trinajstić information content (AvgIpc) is 3.33. The molecule has 7 heteroatoms. The van der Waals surface area contributed by atoms with Crippen LogP contribution in [0.25, 0.3) is 0 Å². The number of benzene rings is 1. The van der Waals surface area contributed by atoms with Crippen LogP contribution in [0.4, 0.5) is 0 Å². The maximum atomic E-state index is 12.8. The van der Waals surface area contributed by atoms with Gasteiger partial charge in [-0.3, -0.25) is 15.6 Å². The number of nitrogens with one attached hydrogen (secondary N) is 2. The van der Waals surface area contributed by atoms with E-state index in [2.05, 4.69) is 15.8 Å². The molecule has 2 aromatic rings. The van der Waals surface area contributed by atoms with E-state index in [0.717, 1.165) is 18.7 Å². The molecule has 2 aliphatic rings. The molecule has 0 radical (unpaired) electrons. The highest BCUT2D eigenvalue weighted by Gasteiger charge is 2.41. The van der Waals surface area contributed by atoms with Crippen LogP contribution in [0.2, 0.25) is 0 Å². The van der Waals surface area contributed by atoms with Gasteiger partial charge in [0.15, 0.2) is 12.1 Å². The molecule has 4 rings (SSSR count). The second kappa shape index (κ2) is 7.47. The zero-order valence-corrected chi connectivity index (χ0v) is 14.9. The van der Waals surface area contributed by atoms with Gasteiger partial charge in [-0.15, -0.1) is 0 Å². The quantitative estimate of drug-likeness (QED) is 0.848. The Morgan fingerprint density at radius 1 is 1.35 bits per heavy atom. The molecule has 3 heterocycles. The van der Waals surface area contributed by atoms with E-state index in [4.69, 9.17) is 9.15 Å². The lowest BCUT2D eigenvalue weighted by molar-refractivity contribution is 0.0633. The Balaban J connectivity index is 1.41. The summed E-state index contributed by atoms with van der Waals surface area (Å²) >= 11 is 0.